The van der Waals surface area contributed by atoms with Crippen molar-refractivity contribution in [2.45, 2.75) is 0 Å². The van der Waals surface area contributed by atoms with Gasteiger partial charge in [-0.15, -0.1) is 11.3 Å². The molecule has 0 N–H and O–H groups in total. The maximum absolute atomic E-state index is 5.02. The largest absolute Gasteiger partial charge is 0.208 e. The third kappa shape index (κ3) is 4.46. The van der Waals surface area contributed by atoms with Crippen LogP contribution in [0.1, 0.15) is 0 Å². The minimum Gasteiger partial charge on any atom is -0.208 e. The van der Waals surface area contributed by atoms with Gasteiger partial charge >= 0.3 is 0 Å². The van der Waals surface area contributed by atoms with E-state index in [9.17, 15) is 0 Å². The summed E-state index contributed by atoms with van der Waals surface area (Å²) in [4.78, 5) is 14.9. The average Bonchev–Trinajstić information content (AvgIpc) is 3.50. The Morgan fingerprint density at radius 2 is 0.956 bits per heavy atom. The molecule has 0 amide bonds. The van der Waals surface area contributed by atoms with Gasteiger partial charge in [0.1, 0.15) is 0 Å². The van der Waals surface area contributed by atoms with Crippen LogP contribution in [0.2, 0.25) is 0 Å². The van der Waals surface area contributed by atoms with E-state index >= 15 is 0 Å². The summed E-state index contributed by atoms with van der Waals surface area (Å²) in [6.45, 7) is 0. The number of thiophene rings is 1. The lowest BCUT2D eigenvalue weighted by Gasteiger charge is -2.09. The molecule has 0 unspecified atom stereocenters. The summed E-state index contributed by atoms with van der Waals surface area (Å²) in [5.41, 5.74) is 5.38. The molecule has 0 saturated heterocycles. The topological polar surface area (TPSA) is 38.7 Å². The summed E-state index contributed by atoms with van der Waals surface area (Å²) < 4.78 is 2.42. The maximum Gasteiger partial charge on any atom is 0.165 e. The Bertz CT molecular complexity index is 2480. The summed E-state index contributed by atoms with van der Waals surface area (Å²) in [5, 5.41) is 7.55. The molecule has 9 aromatic rings. The number of rotatable bonds is 4. The van der Waals surface area contributed by atoms with Gasteiger partial charge in [0.15, 0.2) is 17.5 Å². The summed E-state index contributed by atoms with van der Waals surface area (Å²) in [5.74, 6) is 2.02. The highest BCUT2D eigenvalue weighted by atomic mass is 32.1. The molecular weight excluding hydrogens is 567 g/mol. The molecule has 2 aromatic heterocycles. The van der Waals surface area contributed by atoms with Gasteiger partial charge in [-0.05, 0) is 56.9 Å². The molecule has 210 valence electrons. The molecule has 0 aliphatic carbocycles. The maximum atomic E-state index is 5.02. The fraction of sp³-hybridized carbons (Fsp3) is 0. The smallest absolute Gasteiger partial charge is 0.165 e. The third-order valence-corrected chi connectivity index (χ3v) is 9.74. The highest BCUT2D eigenvalue weighted by Gasteiger charge is 2.17. The quantitative estimate of drug-likeness (QED) is 0.191. The van der Waals surface area contributed by atoms with E-state index in [-0.39, 0.29) is 0 Å². The standard InChI is InChI=1S/C41H25N3S/c1-3-11-27(12-4-1)39-42-40(28-13-5-2-6-14-28)44-41(43-39)35-17-9-16-34-36-25-30(21-23-37(36)45-38(34)35)29-20-22-33-31(24-29)19-18-26-10-7-8-15-32(26)33/h1-25H. The minimum atomic E-state index is 0.670. The van der Waals surface area contributed by atoms with E-state index in [0.717, 1.165) is 16.7 Å². The van der Waals surface area contributed by atoms with Gasteiger partial charge in [-0.2, -0.15) is 0 Å². The van der Waals surface area contributed by atoms with Crippen LogP contribution in [0.15, 0.2) is 152 Å². The molecule has 0 aliphatic rings. The van der Waals surface area contributed by atoms with Gasteiger partial charge in [0.05, 0.1) is 0 Å². The van der Waals surface area contributed by atoms with E-state index < -0.39 is 0 Å². The van der Waals surface area contributed by atoms with Crippen LogP contribution in [-0.4, -0.2) is 15.0 Å². The molecule has 0 saturated carbocycles. The van der Waals surface area contributed by atoms with Crippen LogP contribution in [0, 0.1) is 0 Å². The number of fused-ring (bicyclic) bond motifs is 6. The molecule has 4 heteroatoms. The summed E-state index contributed by atoms with van der Waals surface area (Å²) in [6, 6.07) is 53.4. The van der Waals surface area contributed by atoms with Gasteiger partial charge in [-0.25, -0.2) is 15.0 Å². The van der Waals surface area contributed by atoms with E-state index in [1.54, 1.807) is 11.3 Å². The lowest BCUT2D eigenvalue weighted by molar-refractivity contribution is 1.08. The second-order valence-electron chi connectivity index (χ2n) is 11.3. The van der Waals surface area contributed by atoms with E-state index in [1.165, 1.54) is 52.8 Å². The SMILES string of the molecule is c1ccc(-c2nc(-c3ccccc3)nc(-c3cccc4c3sc3ccc(-c5ccc6c(ccc7ccccc76)c5)cc34)n2)cc1. The fourth-order valence-electron chi connectivity index (χ4n) is 6.28. The first kappa shape index (κ1) is 25.8. The second kappa shape index (κ2) is 10.5. The van der Waals surface area contributed by atoms with Crippen molar-refractivity contribution >= 4 is 53.1 Å². The van der Waals surface area contributed by atoms with Crippen LogP contribution in [0.4, 0.5) is 0 Å². The van der Waals surface area contributed by atoms with Crippen LogP contribution in [-0.2, 0) is 0 Å². The molecule has 2 heterocycles. The average molecular weight is 592 g/mol. The van der Waals surface area contributed by atoms with Gasteiger partial charge in [0.25, 0.3) is 0 Å². The van der Waals surface area contributed by atoms with Crippen LogP contribution in [0.25, 0.3) is 87.0 Å². The zero-order valence-corrected chi connectivity index (χ0v) is 25.0. The monoisotopic (exact) mass is 591 g/mol. The van der Waals surface area contributed by atoms with Crippen molar-refractivity contribution < 1.29 is 0 Å². The molecule has 9 rings (SSSR count). The molecule has 0 atom stereocenters. The Kier molecular flexibility index (Phi) is 6.00. The zero-order chi connectivity index (χ0) is 29.7. The molecule has 7 aromatic carbocycles. The Morgan fingerprint density at radius 1 is 0.356 bits per heavy atom. The molecule has 45 heavy (non-hydrogen) atoms. The van der Waals surface area contributed by atoms with E-state index in [1.807, 2.05) is 60.7 Å². The predicted octanol–water partition coefficient (Wildman–Crippen LogP) is 11.2. The predicted molar refractivity (Wildman–Crippen MR) is 189 cm³/mol. The number of nitrogens with zero attached hydrogens (tertiary/aromatic N) is 3. The third-order valence-electron chi connectivity index (χ3n) is 8.52. The number of hydrogen-bond donors (Lipinski definition) is 0. The van der Waals surface area contributed by atoms with E-state index in [0.29, 0.717) is 17.5 Å². The normalized spacial score (nSPS) is 11.6. The first-order chi connectivity index (χ1) is 22.3. The Hall–Kier alpha value is -5.71. The fourth-order valence-corrected chi connectivity index (χ4v) is 7.47. The summed E-state index contributed by atoms with van der Waals surface area (Å²) in [7, 11) is 0. The highest BCUT2D eigenvalue weighted by molar-refractivity contribution is 7.26. The highest BCUT2D eigenvalue weighted by Crippen LogP contribution is 2.41. The lowest BCUT2D eigenvalue weighted by atomic mass is 9.96. The number of aromatic nitrogens is 3. The Morgan fingerprint density at radius 3 is 1.73 bits per heavy atom. The van der Waals surface area contributed by atoms with Crippen LogP contribution < -0.4 is 0 Å². The Balaban J connectivity index is 1.19. The van der Waals surface area contributed by atoms with Gasteiger partial charge in [0.2, 0.25) is 0 Å². The van der Waals surface area contributed by atoms with Crippen molar-refractivity contribution in [1.29, 1.82) is 0 Å². The molecule has 0 aliphatic heterocycles. The van der Waals surface area contributed by atoms with Crippen LogP contribution in [0.3, 0.4) is 0 Å². The summed E-state index contributed by atoms with van der Waals surface area (Å²) in [6.07, 6.45) is 0. The van der Waals surface area contributed by atoms with Crippen LogP contribution in [0.5, 0.6) is 0 Å². The summed E-state index contributed by atoms with van der Waals surface area (Å²) >= 11 is 1.79. The molecule has 0 radical (unpaired) electrons. The van der Waals surface area contributed by atoms with Gasteiger partial charge in [-0.3, -0.25) is 0 Å². The van der Waals surface area contributed by atoms with Crippen molar-refractivity contribution in [2.24, 2.45) is 0 Å². The second-order valence-corrected chi connectivity index (χ2v) is 12.3. The molecule has 0 spiro atoms. The van der Waals surface area contributed by atoms with Crippen molar-refractivity contribution in [3.05, 3.63) is 152 Å². The molecule has 0 fully saturated rings. The van der Waals surface area contributed by atoms with Gasteiger partial charge < -0.3 is 0 Å². The number of hydrogen-bond acceptors (Lipinski definition) is 4. The van der Waals surface area contributed by atoms with Crippen molar-refractivity contribution in [2.75, 3.05) is 0 Å². The van der Waals surface area contributed by atoms with Crippen molar-refractivity contribution in [3.63, 3.8) is 0 Å². The lowest BCUT2D eigenvalue weighted by Crippen LogP contribution is -2.00. The van der Waals surface area contributed by atoms with E-state index in [2.05, 4.69) is 91.0 Å². The van der Waals surface area contributed by atoms with Gasteiger partial charge in [0, 0.05) is 36.9 Å². The van der Waals surface area contributed by atoms with Crippen molar-refractivity contribution in [1.82, 2.24) is 15.0 Å². The van der Waals surface area contributed by atoms with E-state index in [4.69, 9.17) is 15.0 Å². The number of benzene rings is 7. The first-order valence-electron chi connectivity index (χ1n) is 15.0. The minimum absolute atomic E-state index is 0.670. The zero-order valence-electron chi connectivity index (χ0n) is 24.2. The van der Waals surface area contributed by atoms with Gasteiger partial charge in [-0.1, -0.05) is 127 Å². The molecule has 0 bridgehead atoms. The van der Waals surface area contributed by atoms with Crippen LogP contribution >= 0.6 is 11.3 Å². The van der Waals surface area contributed by atoms with Crippen molar-refractivity contribution in [3.8, 4) is 45.3 Å². The molecular formula is C41H25N3S. The first-order valence-corrected chi connectivity index (χ1v) is 15.8. The molecule has 3 nitrogen and oxygen atoms in total. The Labute approximate surface area is 264 Å².